The van der Waals surface area contributed by atoms with Gasteiger partial charge in [0.2, 0.25) is 0 Å². The van der Waals surface area contributed by atoms with Crippen LogP contribution in [0, 0.1) is 5.82 Å². The first-order valence-corrected chi connectivity index (χ1v) is 9.69. The molecule has 2 atom stereocenters. The molecule has 8 heteroatoms. The van der Waals surface area contributed by atoms with Crippen molar-refractivity contribution in [3.05, 3.63) is 60.7 Å². The number of hydrogen-bond donors (Lipinski definition) is 1. The summed E-state index contributed by atoms with van der Waals surface area (Å²) < 4.78 is 15.3. The molecule has 2 aliphatic rings. The number of benzene rings is 1. The molecule has 0 aliphatic carbocycles. The van der Waals surface area contributed by atoms with Crippen LogP contribution in [0.1, 0.15) is 6.42 Å². The minimum Gasteiger partial charge on any atom is -0.349 e. The Morgan fingerprint density at radius 2 is 1.90 bits per heavy atom. The average Bonchev–Trinajstić information content (AvgIpc) is 3.48. The number of fused-ring (bicyclic) bond motifs is 3. The first kappa shape index (κ1) is 16.6. The highest BCUT2D eigenvalue weighted by Gasteiger charge is 2.38. The first-order chi connectivity index (χ1) is 14.3. The van der Waals surface area contributed by atoms with Gasteiger partial charge in [0.1, 0.15) is 17.3 Å². The van der Waals surface area contributed by atoms with Gasteiger partial charge in [-0.3, -0.25) is 0 Å². The van der Waals surface area contributed by atoms with Gasteiger partial charge in [-0.15, -0.1) is 5.10 Å². The first-order valence-electron chi connectivity index (χ1n) is 9.69. The van der Waals surface area contributed by atoms with Crippen molar-refractivity contribution in [2.24, 2.45) is 0 Å². The maximum Gasteiger partial charge on any atom is 0.155 e. The zero-order valence-electron chi connectivity index (χ0n) is 15.5. The zero-order chi connectivity index (χ0) is 19.4. The number of piperazine rings is 1. The van der Waals surface area contributed by atoms with Crippen LogP contribution < -0.4 is 10.2 Å². The van der Waals surface area contributed by atoms with E-state index in [9.17, 15) is 4.39 Å². The van der Waals surface area contributed by atoms with Gasteiger partial charge in [-0.05, 0) is 48.9 Å². The topological polar surface area (TPSA) is 71.2 Å². The molecule has 144 valence electrons. The van der Waals surface area contributed by atoms with Crippen LogP contribution >= 0.6 is 0 Å². The van der Waals surface area contributed by atoms with Crippen LogP contribution in [0.3, 0.4) is 0 Å². The fourth-order valence-electron chi connectivity index (χ4n) is 4.42. The Kier molecular flexibility index (Phi) is 3.60. The summed E-state index contributed by atoms with van der Waals surface area (Å²) in [7, 11) is 0. The van der Waals surface area contributed by atoms with Crippen LogP contribution in [0.25, 0.3) is 28.2 Å². The van der Waals surface area contributed by atoms with Crippen LogP contribution in [0.4, 0.5) is 10.2 Å². The lowest BCUT2D eigenvalue weighted by Crippen LogP contribution is -2.44. The fraction of sp³-hybridized carbons (Fsp3) is 0.238. The third-order valence-corrected chi connectivity index (χ3v) is 5.79. The van der Waals surface area contributed by atoms with E-state index in [0.717, 1.165) is 53.5 Å². The van der Waals surface area contributed by atoms with E-state index in [4.69, 9.17) is 10.1 Å². The minimum atomic E-state index is -0.275. The number of nitrogens with one attached hydrogen (secondary N) is 1. The Labute approximate surface area is 166 Å². The lowest BCUT2D eigenvalue weighted by molar-refractivity contribution is 0.573. The molecule has 4 aromatic rings. The lowest BCUT2D eigenvalue weighted by Gasteiger charge is -2.28. The number of rotatable bonds is 3. The predicted octanol–water partition coefficient (Wildman–Crippen LogP) is 2.54. The molecule has 1 aromatic carbocycles. The van der Waals surface area contributed by atoms with Crippen molar-refractivity contribution in [3.63, 3.8) is 0 Å². The summed E-state index contributed by atoms with van der Waals surface area (Å²) in [4.78, 5) is 7.17. The summed E-state index contributed by atoms with van der Waals surface area (Å²) in [5.74, 6) is 0.667. The molecule has 1 N–H and O–H groups in total. The predicted molar refractivity (Wildman–Crippen MR) is 107 cm³/mol. The molecule has 2 unspecified atom stereocenters. The van der Waals surface area contributed by atoms with Crippen LogP contribution in [0.2, 0.25) is 0 Å². The minimum absolute atomic E-state index is 0.275. The molecule has 6 rings (SSSR count). The second-order valence-electron chi connectivity index (χ2n) is 7.56. The molecule has 0 radical (unpaired) electrons. The molecular weight excluding hydrogens is 369 g/mol. The van der Waals surface area contributed by atoms with Gasteiger partial charge in [0.25, 0.3) is 0 Å². The number of imidazole rings is 1. The van der Waals surface area contributed by atoms with Gasteiger partial charge < -0.3 is 10.2 Å². The van der Waals surface area contributed by atoms with Gasteiger partial charge in [-0.1, -0.05) is 0 Å². The third kappa shape index (κ3) is 2.67. The van der Waals surface area contributed by atoms with Crippen LogP contribution in [-0.4, -0.2) is 50.0 Å². The van der Waals surface area contributed by atoms with Crippen LogP contribution in [0.5, 0.6) is 0 Å². The summed E-state index contributed by atoms with van der Waals surface area (Å²) >= 11 is 0. The molecule has 0 spiro atoms. The largest absolute Gasteiger partial charge is 0.349 e. The van der Waals surface area contributed by atoms with E-state index in [2.05, 4.69) is 20.4 Å². The normalized spacial score (nSPS) is 20.7. The van der Waals surface area contributed by atoms with Gasteiger partial charge in [-0.2, -0.15) is 10.2 Å². The van der Waals surface area contributed by atoms with E-state index in [1.165, 1.54) is 12.1 Å². The Bertz CT molecular complexity index is 1190. The SMILES string of the molecule is Fc1ccc(-c2nc3ccc(N4CC5CC4CN5)nn3c2-c2ccnnc2)cc1. The summed E-state index contributed by atoms with van der Waals surface area (Å²) in [6.07, 6.45) is 4.51. The summed E-state index contributed by atoms with van der Waals surface area (Å²) in [5.41, 5.74) is 4.00. The fourth-order valence-corrected chi connectivity index (χ4v) is 4.42. The number of anilines is 1. The van der Waals surface area contributed by atoms with Crippen LogP contribution in [-0.2, 0) is 0 Å². The number of hydrogen-bond acceptors (Lipinski definition) is 6. The molecule has 3 aromatic heterocycles. The van der Waals surface area contributed by atoms with E-state index in [0.29, 0.717) is 12.1 Å². The van der Waals surface area contributed by atoms with Crippen molar-refractivity contribution >= 4 is 11.5 Å². The van der Waals surface area contributed by atoms with Crippen molar-refractivity contribution in [3.8, 4) is 22.5 Å². The van der Waals surface area contributed by atoms with Gasteiger partial charge in [-0.25, -0.2) is 13.9 Å². The molecule has 0 amide bonds. The highest BCUT2D eigenvalue weighted by molar-refractivity contribution is 5.81. The number of aromatic nitrogens is 5. The maximum atomic E-state index is 13.5. The van der Waals surface area contributed by atoms with Gasteiger partial charge in [0.05, 0.1) is 18.1 Å². The lowest BCUT2D eigenvalue weighted by atomic mass is 10.1. The molecule has 7 nitrogen and oxygen atoms in total. The maximum absolute atomic E-state index is 13.5. The quantitative estimate of drug-likeness (QED) is 0.583. The average molecular weight is 387 g/mol. The van der Waals surface area contributed by atoms with Crippen molar-refractivity contribution in [2.45, 2.75) is 18.5 Å². The smallest absolute Gasteiger partial charge is 0.155 e. The Morgan fingerprint density at radius 3 is 2.62 bits per heavy atom. The third-order valence-electron chi connectivity index (χ3n) is 5.79. The van der Waals surface area contributed by atoms with E-state index in [-0.39, 0.29) is 5.82 Å². The van der Waals surface area contributed by atoms with Crippen molar-refractivity contribution in [2.75, 3.05) is 18.0 Å². The summed E-state index contributed by atoms with van der Waals surface area (Å²) in [6.45, 7) is 1.96. The van der Waals surface area contributed by atoms with Crippen molar-refractivity contribution < 1.29 is 4.39 Å². The Hall–Kier alpha value is -3.39. The summed E-state index contributed by atoms with van der Waals surface area (Å²) in [6, 6.07) is 13.3. The van der Waals surface area contributed by atoms with Gasteiger partial charge >= 0.3 is 0 Å². The number of halogens is 1. The molecule has 2 fully saturated rings. The Balaban J connectivity index is 1.55. The summed E-state index contributed by atoms with van der Waals surface area (Å²) in [5, 5.41) is 16.4. The highest BCUT2D eigenvalue weighted by Crippen LogP contribution is 2.34. The second kappa shape index (κ2) is 6.31. The van der Waals surface area contributed by atoms with Crippen LogP contribution in [0.15, 0.2) is 54.9 Å². The van der Waals surface area contributed by atoms with E-state index < -0.39 is 0 Å². The zero-order valence-corrected chi connectivity index (χ0v) is 15.5. The molecular formula is C21H18FN7. The van der Waals surface area contributed by atoms with E-state index >= 15 is 0 Å². The molecule has 29 heavy (non-hydrogen) atoms. The molecule has 2 bridgehead atoms. The molecule has 5 heterocycles. The molecule has 0 saturated carbocycles. The van der Waals surface area contributed by atoms with Crippen molar-refractivity contribution in [1.82, 2.24) is 30.1 Å². The van der Waals surface area contributed by atoms with Gasteiger partial charge in [0, 0.05) is 36.3 Å². The molecule has 2 saturated heterocycles. The molecule has 2 aliphatic heterocycles. The number of nitrogens with zero attached hydrogens (tertiary/aromatic N) is 6. The monoisotopic (exact) mass is 387 g/mol. The highest BCUT2D eigenvalue weighted by atomic mass is 19.1. The van der Waals surface area contributed by atoms with Gasteiger partial charge in [0.15, 0.2) is 5.65 Å². The van der Waals surface area contributed by atoms with E-state index in [1.807, 2.05) is 22.7 Å². The Morgan fingerprint density at radius 1 is 1.00 bits per heavy atom. The van der Waals surface area contributed by atoms with E-state index in [1.54, 1.807) is 24.5 Å². The second-order valence-corrected chi connectivity index (χ2v) is 7.56. The standard InChI is InChI=1S/C21H18FN7/c22-15-3-1-13(2-4-15)20-21(14-7-8-24-25-10-14)29-18(26-20)5-6-19(27-29)28-12-16-9-17(28)11-23-16/h1-8,10,16-17,23H,9,11-12H2. The van der Waals surface area contributed by atoms with Crippen molar-refractivity contribution in [1.29, 1.82) is 0 Å².